The van der Waals surface area contributed by atoms with Gasteiger partial charge in [-0.1, -0.05) is 0 Å². The molecule has 0 saturated carbocycles. The van der Waals surface area contributed by atoms with E-state index >= 15 is 0 Å². The fourth-order valence-electron chi connectivity index (χ4n) is 2.83. The fourth-order valence-corrected chi connectivity index (χ4v) is 3.83. The Morgan fingerprint density at radius 2 is 1.69 bits per heavy atom. The van der Waals surface area contributed by atoms with Crippen molar-refractivity contribution < 1.29 is 40.9 Å². The summed E-state index contributed by atoms with van der Waals surface area (Å²) in [5.74, 6) is -5.94. The van der Waals surface area contributed by atoms with Crippen LogP contribution in [-0.2, 0) is 16.3 Å². The van der Waals surface area contributed by atoms with E-state index in [0.29, 0.717) is 6.07 Å². The molecule has 1 aliphatic rings. The molecule has 2 N–H and O–H groups in total. The van der Waals surface area contributed by atoms with Crippen molar-refractivity contribution in [2.75, 3.05) is 0 Å². The van der Waals surface area contributed by atoms with Gasteiger partial charge in [0.15, 0.2) is 0 Å². The maximum Gasteiger partial charge on any atom is 0.341 e. The number of halogens is 4. The summed E-state index contributed by atoms with van der Waals surface area (Å²) in [5, 5.41) is 19.8. The van der Waals surface area contributed by atoms with Crippen molar-refractivity contribution in [2.24, 2.45) is 0 Å². The number of hydrogen-bond donors (Lipinski definition) is 2. The lowest BCUT2D eigenvalue weighted by Gasteiger charge is -2.16. The average Bonchev–Trinajstić information content (AvgIpc) is 2.82. The van der Waals surface area contributed by atoms with Gasteiger partial charge in [-0.3, -0.25) is 0 Å². The molecule has 0 bridgehead atoms. The number of ether oxygens (including phenoxy) is 1. The second-order valence-electron chi connectivity index (χ2n) is 5.68. The Bertz CT molecular complexity index is 941. The molecular weight excluding hydrogens is 380 g/mol. The summed E-state index contributed by atoms with van der Waals surface area (Å²) in [4.78, 5) is -0.829. The van der Waals surface area contributed by atoms with Gasteiger partial charge in [-0.15, -0.1) is 0 Å². The third-order valence-corrected chi connectivity index (χ3v) is 5.39. The Morgan fingerprint density at radius 3 is 2.27 bits per heavy atom. The van der Waals surface area contributed by atoms with Crippen LogP contribution in [0.4, 0.5) is 17.6 Å². The van der Waals surface area contributed by atoms with Crippen LogP contribution in [0, 0.1) is 11.6 Å². The zero-order valence-corrected chi connectivity index (χ0v) is 13.7. The number of aliphatic hydroxyl groups is 2. The van der Waals surface area contributed by atoms with Crippen LogP contribution in [0.5, 0.6) is 11.5 Å². The van der Waals surface area contributed by atoms with E-state index in [2.05, 4.69) is 0 Å². The summed E-state index contributed by atoms with van der Waals surface area (Å²) in [6.07, 6.45) is -3.44. The van der Waals surface area contributed by atoms with Crippen LogP contribution in [0.25, 0.3) is 0 Å². The predicted molar refractivity (Wildman–Crippen MR) is 80.7 cm³/mol. The molecule has 2 aromatic carbocycles. The molecule has 2 atom stereocenters. The zero-order chi connectivity index (χ0) is 19.2. The van der Waals surface area contributed by atoms with Gasteiger partial charge in [0.05, 0.1) is 11.0 Å². The quantitative estimate of drug-likeness (QED) is 0.782. The summed E-state index contributed by atoms with van der Waals surface area (Å²) in [6, 6.07) is 4.17. The molecule has 5 nitrogen and oxygen atoms in total. The van der Waals surface area contributed by atoms with E-state index < -0.39 is 49.9 Å². The summed E-state index contributed by atoms with van der Waals surface area (Å²) >= 11 is 0. The zero-order valence-electron chi connectivity index (χ0n) is 12.9. The lowest BCUT2D eigenvalue weighted by molar-refractivity contribution is 0.0312. The molecular formula is C16H12F4O5S. The van der Waals surface area contributed by atoms with Crippen LogP contribution >= 0.6 is 0 Å². The van der Waals surface area contributed by atoms with Gasteiger partial charge in [0, 0.05) is 35.7 Å². The molecule has 0 saturated heterocycles. The van der Waals surface area contributed by atoms with Gasteiger partial charge in [-0.25, -0.2) is 17.2 Å². The topological polar surface area (TPSA) is 83.8 Å². The third kappa shape index (κ3) is 3.15. The number of sulfone groups is 1. The van der Waals surface area contributed by atoms with Crippen LogP contribution in [0.3, 0.4) is 0 Å². The minimum atomic E-state index is -5.04. The molecule has 10 heteroatoms. The number of aliphatic hydroxyl groups excluding tert-OH is 2. The molecule has 0 fully saturated rings. The predicted octanol–water partition coefficient (Wildman–Crippen LogP) is 2.70. The first-order valence-electron chi connectivity index (χ1n) is 7.29. The Labute approximate surface area is 145 Å². The van der Waals surface area contributed by atoms with Crippen LogP contribution in [0.1, 0.15) is 17.2 Å². The van der Waals surface area contributed by atoms with E-state index in [-0.39, 0.29) is 23.5 Å². The molecule has 0 aromatic heterocycles. The van der Waals surface area contributed by atoms with E-state index in [1.54, 1.807) is 0 Å². The van der Waals surface area contributed by atoms with Crippen LogP contribution in [0.15, 0.2) is 35.2 Å². The standard InChI is InChI=1S/C16H12F4O5S/c17-7-3-8(18)5-9(4-7)25-12-1-2-13(26(23,24)16(19)20)14-10(12)6-11(21)15(14)22/h1-5,11,15-16,21-22H,6H2. The molecule has 3 rings (SSSR count). The van der Waals surface area contributed by atoms with Crippen molar-refractivity contribution in [3.8, 4) is 11.5 Å². The van der Waals surface area contributed by atoms with Crippen molar-refractivity contribution in [2.45, 2.75) is 29.3 Å². The molecule has 0 heterocycles. The lowest BCUT2D eigenvalue weighted by atomic mass is 10.1. The third-order valence-electron chi connectivity index (χ3n) is 3.95. The number of alkyl halides is 2. The second-order valence-corrected chi connectivity index (χ2v) is 7.57. The van der Waals surface area contributed by atoms with E-state index in [1.807, 2.05) is 0 Å². The Balaban J connectivity index is 2.13. The van der Waals surface area contributed by atoms with Crippen LogP contribution in [-0.4, -0.2) is 30.5 Å². The Hall–Kier alpha value is -2.17. The van der Waals surface area contributed by atoms with Gasteiger partial charge < -0.3 is 14.9 Å². The van der Waals surface area contributed by atoms with E-state index in [1.165, 1.54) is 0 Å². The van der Waals surface area contributed by atoms with Crippen LogP contribution < -0.4 is 4.74 Å². The average molecular weight is 392 g/mol. The highest BCUT2D eigenvalue weighted by Gasteiger charge is 2.40. The van der Waals surface area contributed by atoms with Crippen LogP contribution in [0.2, 0.25) is 0 Å². The van der Waals surface area contributed by atoms with E-state index in [0.717, 1.165) is 24.3 Å². The van der Waals surface area contributed by atoms with Crippen molar-refractivity contribution in [1.29, 1.82) is 0 Å². The highest BCUT2D eigenvalue weighted by atomic mass is 32.2. The maximum absolute atomic E-state index is 13.3. The number of rotatable bonds is 4. The minimum Gasteiger partial charge on any atom is -0.457 e. The monoisotopic (exact) mass is 392 g/mol. The lowest BCUT2D eigenvalue weighted by Crippen LogP contribution is -2.17. The van der Waals surface area contributed by atoms with E-state index in [4.69, 9.17) is 4.74 Å². The molecule has 0 amide bonds. The Morgan fingerprint density at radius 1 is 1.08 bits per heavy atom. The summed E-state index contributed by atoms with van der Waals surface area (Å²) in [5.41, 5.74) is -0.441. The van der Waals surface area contributed by atoms with Gasteiger partial charge in [0.25, 0.3) is 0 Å². The highest BCUT2D eigenvalue weighted by molar-refractivity contribution is 7.91. The van der Waals surface area contributed by atoms with Crippen molar-refractivity contribution in [3.05, 3.63) is 53.1 Å². The first kappa shape index (κ1) is 18.6. The van der Waals surface area contributed by atoms with Gasteiger partial charge in [-0.05, 0) is 12.1 Å². The smallest absolute Gasteiger partial charge is 0.341 e. The van der Waals surface area contributed by atoms with Gasteiger partial charge in [-0.2, -0.15) is 8.78 Å². The molecule has 0 radical (unpaired) electrons. The largest absolute Gasteiger partial charge is 0.457 e. The van der Waals surface area contributed by atoms with Crippen molar-refractivity contribution in [3.63, 3.8) is 0 Å². The molecule has 2 unspecified atom stereocenters. The van der Waals surface area contributed by atoms with Gasteiger partial charge in [0.1, 0.15) is 29.2 Å². The van der Waals surface area contributed by atoms with Crippen molar-refractivity contribution >= 4 is 9.84 Å². The first-order valence-corrected chi connectivity index (χ1v) is 8.84. The molecule has 0 spiro atoms. The SMILES string of the molecule is O=S(=O)(c1ccc(Oc2cc(F)cc(F)c2)c2c1C(O)C(O)C2)C(F)F. The number of fused-ring (bicyclic) bond motifs is 1. The van der Waals surface area contributed by atoms with Gasteiger partial charge >= 0.3 is 5.76 Å². The molecule has 140 valence electrons. The normalized spacial score (nSPS) is 19.7. The van der Waals surface area contributed by atoms with Crippen molar-refractivity contribution in [1.82, 2.24) is 0 Å². The van der Waals surface area contributed by atoms with Gasteiger partial charge in [0.2, 0.25) is 9.84 Å². The van der Waals surface area contributed by atoms with E-state index in [9.17, 15) is 36.2 Å². The fraction of sp³-hybridized carbons (Fsp3) is 0.250. The minimum absolute atomic E-state index is 0.0311. The molecule has 0 aliphatic heterocycles. The highest BCUT2D eigenvalue weighted by Crippen LogP contribution is 2.43. The summed E-state index contributed by atoms with van der Waals surface area (Å²) in [6.45, 7) is 0. The number of hydrogen-bond acceptors (Lipinski definition) is 5. The molecule has 26 heavy (non-hydrogen) atoms. The second kappa shape index (κ2) is 6.53. The number of benzene rings is 2. The summed E-state index contributed by atoms with van der Waals surface area (Å²) < 4.78 is 81.3. The molecule has 2 aromatic rings. The summed E-state index contributed by atoms with van der Waals surface area (Å²) in [7, 11) is -5.04. The molecule has 1 aliphatic carbocycles. The first-order chi connectivity index (χ1) is 12.1. The maximum atomic E-state index is 13.3. The Kier molecular flexibility index (Phi) is 4.67.